The van der Waals surface area contributed by atoms with Crippen LogP contribution >= 0.6 is 34.5 Å². The highest BCUT2D eigenvalue weighted by Gasteiger charge is 2.14. The molecule has 0 aliphatic heterocycles. The number of nitrogens with zero attached hydrogens (tertiary/aromatic N) is 3. The van der Waals surface area contributed by atoms with Crippen LogP contribution in [-0.2, 0) is 0 Å². The molecule has 0 saturated heterocycles. The molecule has 2 aromatic carbocycles. The van der Waals surface area contributed by atoms with Crippen molar-refractivity contribution in [3.8, 4) is 11.5 Å². The molecule has 0 spiro atoms. The van der Waals surface area contributed by atoms with Crippen LogP contribution in [0.5, 0.6) is 11.5 Å². The molecule has 0 fully saturated rings. The largest absolute Gasteiger partial charge is 0.493 e. The van der Waals surface area contributed by atoms with Gasteiger partial charge < -0.3 is 14.8 Å². The van der Waals surface area contributed by atoms with Crippen LogP contribution in [-0.4, -0.2) is 29.2 Å². The van der Waals surface area contributed by atoms with E-state index in [0.717, 1.165) is 15.6 Å². The van der Waals surface area contributed by atoms with E-state index in [0.29, 0.717) is 33.0 Å². The fourth-order valence-electron chi connectivity index (χ4n) is 2.58. The fraction of sp³-hybridized carbons (Fsp3) is 0.118. The molecule has 2 aromatic heterocycles. The molecule has 6 nitrogen and oxygen atoms in total. The summed E-state index contributed by atoms with van der Waals surface area (Å²) in [4.78, 5) is 13.1. The first-order valence-corrected chi connectivity index (χ1v) is 9.07. The molecule has 132 valence electrons. The van der Waals surface area contributed by atoms with Gasteiger partial charge in [0, 0.05) is 16.5 Å². The van der Waals surface area contributed by atoms with Crippen LogP contribution in [0.4, 0.5) is 10.9 Å². The Hall–Kier alpha value is -2.35. The van der Waals surface area contributed by atoms with Crippen LogP contribution in [0.25, 0.3) is 21.1 Å². The normalized spacial score (nSPS) is 11.1. The molecule has 0 radical (unpaired) electrons. The van der Waals surface area contributed by atoms with Gasteiger partial charge in [-0.25, -0.2) is 9.97 Å². The van der Waals surface area contributed by atoms with E-state index in [9.17, 15) is 0 Å². The monoisotopic (exact) mass is 406 g/mol. The summed E-state index contributed by atoms with van der Waals surface area (Å²) in [5, 5.41) is 5.42. The van der Waals surface area contributed by atoms with Gasteiger partial charge in [-0.3, -0.25) is 0 Å². The summed E-state index contributed by atoms with van der Waals surface area (Å²) in [5.41, 5.74) is 1.49. The summed E-state index contributed by atoms with van der Waals surface area (Å²) in [7, 11) is 3.14. The molecule has 1 N–H and O–H groups in total. The molecule has 9 heteroatoms. The molecule has 0 atom stereocenters. The highest BCUT2D eigenvalue weighted by Crippen LogP contribution is 2.36. The van der Waals surface area contributed by atoms with E-state index in [1.807, 2.05) is 18.2 Å². The van der Waals surface area contributed by atoms with Crippen LogP contribution in [0, 0.1) is 0 Å². The summed E-state index contributed by atoms with van der Waals surface area (Å²) < 4.78 is 11.7. The molecule has 4 rings (SSSR count). The Kier molecular flexibility index (Phi) is 4.44. The van der Waals surface area contributed by atoms with Crippen molar-refractivity contribution >= 4 is 66.6 Å². The van der Waals surface area contributed by atoms with Gasteiger partial charge in [0.05, 0.1) is 30.0 Å². The third kappa shape index (κ3) is 3.09. The Morgan fingerprint density at radius 3 is 2.46 bits per heavy atom. The zero-order valence-corrected chi connectivity index (χ0v) is 16.0. The molecule has 4 aromatic rings. The molecule has 0 amide bonds. The molecule has 26 heavy (non-hydrogen) atoms. The van der Waals surface area contributed by atoms with Crippen molar-refractivity contribution in [1.82, 2.24) is 15.0 Å². The quantitative estimate of drug-likeness (QED) is 0.463. The second kappa shape index (κ2) is 6.75. The van der Waals surface area contributed by atoms with Gasteiger partial charge in [-0.1, -0.05) is 22.9 Å². The number of ether oxygens (including phenoxy) is 2. The minimum atomic E-state index is 0.122. The van der Waals surface area contributed by atoms with E-state index in [-0.39, 0.29) is 5.28 Å². The third-order valence-corrected chi connectivity index (χ3v) is 5.09. The Morgan fingerprint density at radius 1 is 0.923 bits per heavy atom. The van der Waals surface area contributed by atoms with Gasteiger partial charge in [-0.05, 0) is 35.9 Å². The van der Waals surface area contributed by atoms with E-state index < -0.39 is 0 Å². The summed E-state index contributed by atoms with van der Waals surface area (Å²) in [5.74, 6) is 1.67. The lowest BCUT2D eigenvalue weighted by Gasteiger charge is -2.11. The van der Waals surface area contributed by atoms with E-state index >= 15 is 0 Å². The highest BCUT2D eigenvalue weighted by atomic mass is 35.5. The predicted octanol–water partition coefficient (Wildman–Crippen LogP) is 5.31. The number of rotatable bonds is 4. The van der Waals surface area contributed by atoms with E-state index in [4.69, 9.17) is 32.7 Å². The molecular formula is C17H12Cl2N4O2S. The highest BCUT2D eigenvalue weighted by molar-refractivity contribution is 7.22. The smallest absolute Gasteiger partial charge is 0.224 e. The average molecular weight is 407 g/mol. The number of halogens is 2. The van der Waals surface area contributed by atoms with Crippen LogP contribution in [0.3, 0.4) is 0 Å². The summed E-state index contributed by atoms with van der Waals surface area (Å²) >= 11 is 13.6. The third-order valence-electron chi connectivity index (χ3n) is 3.75. The SMILES string of the molecule is COc1cc2nc(Cl)nc(Nc3nc4ccc(Cl)cc4s3)c2cc1OC. The maximum absolute atomic E-state index is 6.09. The Balaban J connectivity index is 1.83. The number of hydrogen-bond acceptors (Lipinski definition) is 7. The molecule has 0 unspecified atom stereocenters. The maximum atomic E-state index is 6.09. The van der Waals surface area contributed by atoms with Crippen molar-refractivity contribution in [1.29, 1.82) is 0 Å². The van der Waals surface area contributed by atoms with Crippen molar-refractivity contribution < 1.29 is 9.47 Å². The van der Waals surface area contributed by atoms with Crippen LogP contribution in [0.15, 0.2) is 30.3 Å². The van der Waals surface area contributed by atoms with Gasteiger partial charge in [-0.2, -0.15) is 4.98 Å². The van der Waals surface area contributed by atoms with Gasteiger partial charge >= 0.3 is 0 Å². The zero-order valence-electron chi connectivity index (χ0n) is 13.7. The Morgan fingerprint density at radius 2 is 1.69 bits per heavy atom. The number of hydrogen-bond donors (Lipinski definition) is 1. The first kappa shape index (κ1) is 17.1. The first-order chi connectivity index (χ1) is 12.6. The number of methoxy groups -OCH3 is 2. The number of anilines is 2. The number of benzene rings is 2. The summed E-state index contributed by atoms with van der Waals surface area (Å²) in [6, 6.07) is 9.11. The van der Waals surface area contributed by atoms with Gasteiger partial charge in [0.2, 0.25) is 5.28 Å². The molecule has 2 heterocycles. The Labute approximate surface area is 162 Å². The number of nitrogens with one attached hydrogen (secondary N) is 1. The van der Waals surface area contributed by atoms with Gasteiger partial charge in [-0.15, -0.1) is 0 Å². The Bertz CT molecular complexity index is 1130. The zero-order chi connectivity index (χ0) is 18.3. The van der Waals surface area contributed by atoms with E-state index in [1.54, 1.807) is 26.4 Å². The molecule has 0 saturated carbocycles. The molecule has 0 aliphatic carbocycles. The van der Waals surface area contributed by atoms with Gasteiger partial charge in [0.15, 0.2) is 16.6 Å². The van der Waals surface area contributed by atoms with E-state index in [2.05, 4.69) is 20.3 Å². The van der Waals surface area contributed by atoms with Crippen LogP contribution in [0.2, 0.25) is 10.3 Å². The molecular weight excluding hydrogens is 395 g/mol. The van der Waals surface area contributed by atoms with Crippen molar-refractivity contribution in [2.45, 2.75) is 0 Å². The lowest BCUT2D eigenvalue weighted by Crippen LogP contribution is -1.98. The average Bonchev–Trinajstić information content (AvgIpc) is 3.01. The van der Waals surface area contributed by atoms with Gasteiger partial charge in [0.1, 0.15) is 5.82 Å². The maximum Gasteiger partial charge on any atom is 0.224 e. The number of thiazole rings is 1. The van der Waals surface area contributed by atoms with Crippen molar-refractivity contribution in [2.75, 3.05) is 19.5 Å². The van der Waals surface area contributed by atoms with Crippen molar-refractivity contribution in [3.05, 3.63) is 40.6 Å². The van der Waals surface area contributed by atoms with Crippen molar-refractivity contribution in [2.24, 2.45) is 0 Å². The molecule has 0 aliphatic rings. The molecule has 0 bridgehead atoms. The lowest BCUT2D eigenvalue weighted by molar-refractivity contribution is 0.356. The number of aromatic nitrogens is 3. The fourth-order valence-corrected chi connectivity index (χ4v) is 3.89. The minimum Gasteiger partial charge on any atom is -0.493 e. The second-order valence-electron chi connectivity index (χ2n) is 5.32. The van der Waals surface area contributed by atoms with Crippen molar-refractivity contribution in [3.63, 3.8) is 0 Å². The van der Waals surface area contributed by atoms with Gasteiger partial charge in [0.25, 0.3) is 0 Å². The van der Waals surface area contributed by atoms with E-state index in [1.165, 1.54) is 11.3 Å². The van der Waals surface area contributed by atoms with Crippen LogP contribution in [0.1, 0.15) is 0 Å². The predicted molar refractivity (Wildman–Crippen MR) is 106 cm³/mol. The summed E-state index contributed by atoms with van der Waals surface area (Å²) in [6.07, 6.45) is 0. The lowest BCUT2D eigenvalue weighted by atomic mass is 10.2. The number of fused-ring (bicyclic) bond motifs is 2. The summed E-state index contributed by atoms with van der Waals surface area (Å²) in [6.45, 7) is 0. The minimum absolute atomic E-state index is 0.122. The standard InChI is InChI=1S/C17H12Cl2N4O2S/c1-24-12-6-9-11(7-13(12)25-2)20-16(19)22-15(9)23-17-21-10-4-3-8(18)5-14(10)26-17/h3-7H,1-2H3,(H,20,21,22,23). The van der Waals surface area contributed by atoms with Crippen LogP contribution < -0.4 is 14.8 Å². The first-order valence-electron chi connectivity index (χ1n) is 7.50. The second-order valence-corrected chi connectivity index (χ2v) is 7.13. The topological polar surface area (TPSA) is 69.2 Å².